The molecule has 1 nitrogen and oxygen atoms in total. The molecule has 2 heteroatoms. The first-order valence-corrected chi connectivity index (χ1v) is 1.43. The van der Waals surface area contributed by atoms with Crippen LogP contribution in [0.15, 0.2) is 18.5 Å². The summed E-state index contributed by atoms with van der Waals surface area (Å²) in [4.78, 5) is 0. The second-order valence-corrected chi connectivity index (χ2v) is 0.637. The molecule has 0 rings (SSSR count). The number of rotatable bonds is 1. The quantitative estimate of drug-likeness (QED) is 0.489. The van der Waals surface area contributed by atoms with E-state index in [4.69, 9.17) is 0 Å². The van der Waals surface area contributed by atoms with Crippen molar-refractivity contribution in [2.45, 2.75) is 0 Å². The number of halogens is 1. The lowest BCUT2D eigenvalue weighted by molar-refractivity contribution is 1.11. The third kappa shape index (κ3) is 9.49. The summed E-state index contributed by atoms with van der Waals surface area (Å²) >= 11 is 0. The summed E-state index contributed by atoms with van der Waals surface area (Å²) in [6.45, 7) is 3.31. The fourth-order valence-corrected chi connectivity index (χ4v) is 0.102. The lowest BCUT2D eigenvalue weighted by atomic mass is 10.9. The van der Waals surface area contributed by atoms with Gasteiger partial charge < -0.3 is 5.32 Å². The van der Waals surface area contributed by atoms with Crippen molar-refractivity contribution < 1.29 is 0 Å². The van der Waals surface area contributed by atoms with Gasteiger partial charge in [-0.3, -0.25) is 0 Å². The van der Waals surface area contributed by atoms with E-state index >= 15 is 0 Å². The standard InChI is InChI=1S/C4H7N.ClH/c1-3-4-5-2;/h4-5H,1H2,2H3;1H. The Bertz CT molecular complexity index is 54.6. The highest BCUT2D eigenvalue weighted by Crippen LogP contribution is 1.41. The highest BCUT2D eigenvalue weighted by molar-refractivity contribution is 5.85. The zero-order valence-corrected chi connectivity index (χ0v) is 4.51. The second kappa shape index (κ2) is 8.82. The number of nitrogens with one attached hydrogen (secondary N) is 1. The fourth-order valence-electron chi connectivity index (χ4n) is 0.102. The van der Waals surface area contributed by atoms with Gasteiger partial charge in [0.25, 0.3) is 0 Å². The molecule has 0 aromatic rings. The molecule has 1 N–H and O–H groups in total. The van der Waals surface area contributed by atoms with Gasteiger partial charge in [0, 0.05) is 13.2 Å². The van der Waals surface area contributed by atoms with Crippen molar-refractivity contribution in [1.82, 2.24) is 5.32 Å². The maximum absolute atomic E-state index is 3.31. The van der Waals surface area contributed by atoms with Crippen LogP contribution >= 0.6 is 12.4 Å². The number of hydrogen-bond donors (Lipinski definition) is 1. The second-order valence-electron chi connectivity index (χ2n) is 0.637. The number of hydrogen-bond acceptors (Lipinski definition) is 1. The molecule has 0 radical (unpaired) electrons. The topological polar surface area (TPSA) is 12.0 Å². The zero-order chi connectivity index (χ0) is 4.12. The third-order valence-corrected chi connectivity index (χ3v) is 0.246. The van der Waals surface area contributed by atoms with Gasteiger partial charge >= 0.3 is 0 Å². The van der Waals surface area contributed by atoms with Gasteiger partial charge in [0.15, 0.2) is 0 Å². The van der Waals surface area contributed by atoms with E-state index in [1.807, 2.05) is 0 Å². The highest BCUT2D eigenvalue weighted by Gasteiger charge is 1.40. The summed E-state index contributed by atoms with van der Waals surface area (Å²) < 4.78 is 0. The van der Waals surface area contributed by atoms with Crippen molar-refractivity contribution in [3.05, 3.63) is 18.5 Å². The van der Waals surface area contributed by atoms with Crippen molar-refractivity contribution in [2.75, 3.05) is 7.05 Å². The molecule has 0 aromatic carbocycles. The maximum atomic E-state index is 3.31. The summed E-state index contributed by atoms with van der Waals surface area (Å²) in [7, 11) is 1.80. The Kier molecular flexibility index (Phi) is 13.4. The van der Waals surface area contributed by atoms with Gasteiger partial charge in [0.05, 0.1) is 0 Å². The zero-order valence-electron chi connectivity index (χ0n) is 3.69. The lowest BCUT2D eigenvalue weighted by Gasteiger charge is -1.71. The highest BCUT2D eigenvalue weighted by atomic mass is 35.5. The van der Waals surface area contributed by atoms with Gasteiger partial charge in [-0.25, -0.2) is 0 Å². The van der Waals surface area contributed by atoms with Crippen LogP contribution in [-0.2, 0) is 0 Å². The van der Waals surface area contributed by atoms with Gasteiger partial charge in [0.2, 0.25) is 0 Å². The van der Waals surface area contributed by atoms with E-state index in [2.05, 4.69) is 17.6 Å². The van der Waals surface area contributed by atoms with E-state index in [9.17, 15) is 0 Å². The van der Waals surface area contributed by atoms with Crippen molar-refractivity contribution in [2.24, 2.45) is 0 Å². The van der Waals surface area contributed by atoms with Crippen LogP contribution in [0.4, 0.5) is 0 Å². The molecule has 0 bridgehead atoms. The van der Waals surface area contributed by atoms with E-state index in [0.717, 1.165) is 0 Å². The predicted octanol–water partition coefficient (Wildman–Crippen LogP) is 0.926. The molecule has 0 aliphatic rings. The van der Waals surface area contributed by atoms with Crippen LogP contribution in [0.3, 0.4) is 0 Å². The van der Waals surface area contributed by atoms with E-state index in [0.29, 0.717) is 0 Å². The first-order chi connectivity index (χ1) is 2.41. The molecular weight excluding hydrogens is 97.5 g/mol. The average molecular weight is 106 g/mol. The minimum atomic E-state index is 0. The van der Waals surface area contributed by atoms with Gasteiger partial charge in [-0.1, -0.05) is 6.58 Å². The van der Waals surface area contributed by atoms with Crippen molar-refractivity contribution in [1.29, 1.82) is 0 Å². The van der Waals surface area contributed by atoms with Crippen LogP contribution in [0.2, 0.25) is 0 Å². The molecule has 0 fully saturated rings. The SMILES string of the molecule is C=C=CNC.Cl. The lowest BCUT2D eigenvalue weighted by Crippen LogP contribution is -1.88. The summed E-state index contributed by atoms with van der Waals surface area (Å²) in [5.74, 6) is 0. The van der Waals surface area contributed by atoms with Crippen LogP contribution in [0.1, 0.15) is 0 Å². The summed E-state index contributed by atoms with van der Waals surface area (Å²) in [6.07, 6.45) is 1.64. The maximum Gasteiger partial charge on any atom is 0.0388 e. The largest absolute Gasteiger partial charge is 0.388 e. The Balaban J connectivity index is 0. The molecule has 0 saturated heterocycles. The smallest absolute Gasteiger partial charge is 0.0388 e. The molecule has 0 spiro atoms. The monoisotopic (exact) mass is 105 g/mol. The molecule has 0 saturated carbocycles. The first-order valence-electron chi connectivity index (χ1n) is 1.43. The van der Waals surface area contributed by atoms with Crippen molar-refractivity contribution in [3.8, 4) is 0 Å². The minimum absolute atomic E-state index is 0. The van der Waals surface area contributed by atoms with Crippen LogP contribution in [0.5, 0.6) is 0 Å². The molecular formula is C4H8ClN. The van der Waals surface area contributed by atoms with Crippen LogP contribution in [-0.4, -0.2) is 7.05 Å². The minimum Gasteiger partial charge on any atom is -0.388 e. The van der Waals surface area contributed by atoms with Gasteiger partial charge in [0.1, 0.15) is 0 Å². The average Bonchev–Trinajstić information content (AvgIpc) is 1.41. The van der Waals surface area contributed by atoms with Gasteiger partial charge in [-0.2, -0.15) is 0 Å². The summed E-state index contributed by atoms with van der Waals surface area (Å²) in [5.41, 5.74) is 2.53. The molecule has 6 heavy (non-hydrogen) atoms. The van der Waals surface area contributed by atoms with E-state index in [1.54, 1.807) is 13.2 Å². The van der Waals surface area contributed by atoms with Gasteiger partial charge in [-0.05, 0) is 0 Å². The fraction of sp³-hybridized carbons (Fsp3) is 0.250. The Hall–Kier alpha value is -0.390. The molecule has 0 unspecified atom stereocenters. The van der Waals surface area contributed by atoms with Crippen LogP contribution in [0.25, 0.3) is 0 Å². The van der Waals surface area contributed by atoms with Gasteiger partial charge in [-0.15, -0.1) is 18.1 Å². The molecule has 0 heterocycles. The Labute approximate surface area is 44.2 Å². The van der Waals surface area contributed by atoms with E-state index in [1.165, 1.54) is 0 Å². The van der Waals surface area contributed by atoms with Crippen molar-refractivity contribution in [3.63, 3.8) is 0 Å². The molecule has 36 valence electrons. The van der Waals surface area contributed by atoms with E-state index < -0.39 is 0 Å². The normalized spacial score (nSPS) is 4.17. The molecule has 0 aromatic heterocycles. The Morgan fingerprint density at radius 1 is 1.83 bits per heavy atom. The van der Waals surface area contributed by atoms with E-state index in [-0.39, 0.29) is 12.4 Å². The summed E-state index contributed by atoms with van der Waals surface area (Å²) in [6, 6.07) is 0. The third-order valence-electron chi connectivity index (χ3n) is 0.246. The molecule has 0 amide bonds. The molecule has 0 aliphatic heterocycles. The van der Waals surface area contributed by atoms with Crippen LogP contribution < -0.4 is 5.32 Å². The Morgan fingerprint density at radius 2 is 2.33 bits per heavy atom. The summed E-state index contributed by atoms with van der Waals surface area (Å²) in [5, 5.41) is 2.72. The van der Waals surface area contributed by atoms with Crippen LogP contribution in [0, 0.1) is 0 Å². The Morgan fingerprint density at radius 3 is 2.33 bits per heavy atom. The first kappa shape index (κ1) is 9.15. The predicted molar refractivity (Wildman–Crippen MR) is 30.0 cm³/mol. The molecule has 0 atom stereocenters. The molecule has 0 aliphatic carbocycles. The van der Waals surface area contributed by atoms with Crippen molar-refractivity contribution >= 4 is 12.4 Å².